The van der Waals surface area contributed by atoms with E-state index in [1.165, 1.54) is 4.68 Å². The van der Waals surface area contributed by atoms with Crippen LogP contribution >= 0.6 is 0 Å². The summed E-state index contributed by atoms with van der Waals surface area (Å²) in [5.74, 6) is 0. The summed E-state index contributed by atoms with van der Waals surface area (Å²) in [5.41, 5.74) is 0.587. The molecule has 0 aromatic carbocycles. The molecule has 1 unspecified atom stereocenters. The van der Waals surface area contributed by atoms with E-state index in [4.69, 9.17) is 4.74 Å². The van der Waals surface area contributed by atoms with Gasteiger partial charge in [0.1, 0.15) is 0 Å². The van der Waals surface area contributed by atoms with Crippen molar-refractivity contribution >= 4 is 0 Å². The summed E-state index contributed by atoms with van der Waals surface area (Å²) in [6.45, 7) is 8.17. The summed E-state index contributed by atoms with van der Waals surface area (Å²) in [4.78, 5) is 0. The van der Waals surface area contributed by atoms with Gasteiger partial charge in [-0.15, -0.1) is 11.7 Å². The molecule has 1 aromatic rings. The Morgan fingerprint density at radius 1 is 1.71 bits per heavy atom. The van der Waals surface area contributed by atoms with E-state index in [0.29, 0.717) is 18.8 Å². The van der Waals surface area contributed by atoms with E-state index in [1.807, 2.05) is 0 Å². The average Bonchev–Trinajstić information content (AvgIpc) is 2.52. The van der Waals surface area contributed by atoms with Crippen molar-refractivity contribution in [2.75, 3.05) is 13.2 Å². The van der Waals surface area contributed by atoms with Crippen LogP contribution in [-0.2, 0) is 11.3 Å². The Hall–Kier alpha value is -1.20. The highest BCUT2D eigenvalue weighted by molar-refractivity contribution is 4.95. The third-order valence-electron chi connectivity index (χ3n) is 1.53. The van der Waals surface area contributed by atoms with Gasteiger partial charge in [-0.2, -0.15) is 0 Å². The molecule has 0 saturated heterocycles. The normalized spacial score (nSPS) is 12.7. The summed E-state index contributed by atoms with van der Waals surface area (Å²) in [7, 11) is 0. The van der Waals surface area contributed by atoms with Crippen LogP contribution in [0, 0.1) is 6.92 Å². The molecule has 0 aliphatic carbocycles. The predicted octanol–water partition coefficient (Wildman–Crippen LogP) is 0.0238. The lowest BCUT2D eigenvalue weighted by atomic mass is 10.4. The van der Waals surface area contributed by atoms with Gasteiger partial charge in [-0.1, -0.05) is 11.3 Å². The molecule has 1 heterocycles. The molecule has 0 saturated carbocycles. The fourth-order valence-electron chi connectivity index (χ4n) is 0.984. The largest absolute Gasteiger partial charge is 0.389 e. The molecule has 0 aliphatic heterocycles. The fraction of sp³-hybridized carbons (Fsp3) is 0.444. The van der Waals surface area contributed by atoms with Gasteiger partial charge in [0, 0.05) is 6.20 Å². The second kappa shape index (κ2) is 5.51. The smallest absolute Gasteiger partial charge is 0.0969 e. The first-order valence-electron chi connectivity index (χ1n) is 4.31. The van der Waals surface area contributed by atoms with E-state index in [1.54, 1.807) is 12.3 Å². The predicted molar refractivity (Wildman–Crippen MR) is 51.5 cm³/mol. The lowest BCUT2D eigenvalue weighted by Gasteiger charge is -2.09. The molecule has 5 nitrogen and oxygen atoms in total. The first-order chi connectivity index (χ1) is 6.72. The van der Waals surface area contributed by atoms with Gasteiger partial charge in [0.15, 0.2) is 0 Å². The number of aromatic nitrogens is 3. The fourth-order valence-corrected chi connectivity index (χ4v) is 0.984. The van der Waals surface area contributed by atoms with Crippen LogP contribution in [0.15, 0.2) is 18.9 Å². The van der Waals surface area contributed by atoms with Crippen LogP contribution in [0.5, 0.6) is 0 Å². The SMILES string of the molecule is [CH2]c1cn(CC(O)COCC=C)nn1. The van der Waals surface area contributed by atoms with Gasteiger partial charge < -0.3 is 9.84 Å². The van der Waals surface area contributed by atoms with Crippen LogP contribution in [0.3, 0.4) is 0 Å². The van der Waals surface area contributed by atoms with E-state index in [9.17, 15) is 5.11 Å². The van der Waals surface area contributed by atoms with E-state index >= 15 is 0 Å². The van der Waals surface area contributed by atoms with Crippen LogP contribution in [0.4, 0.5) is 0 Å². The minimum Gasteiger partial charge on any atom is -0.389 e. The lowest BCUT2D eigenvalue weighted by Crippen LogP contribution is -2.22. The van der Waals surface area contributed by atoms with Crippen LogP contribution in [0.25, 0.3) is 0 Å². The zero-order valence-electron chi connectivity index (χ0n) is 7.96. The van der Waals surface area contributed by atoms with Crippen molar-refractivity contribution in [3.63, 3.8) is 0 Å². The van der Waals surface area contributed by atoms with Crippen molar-refractivity contribution in [2.24, 2.45) is 0 Å². The Labute approximate surface area is 83.0 Å². The molecule has 14 heavy (non-hydrogen) atoms. The van der Waals surface area contributed by atoms with Crippen molar-refractivity contribution in [1.29, 1.82) is 0 Å². The van der Waals surface area contributed by atoms with Gasteiger partial charge >= 0.3 is 0 Å². The van der Waals surface area contributed by atoms with Crippen molar-refractivity contribution in [3.8, 4) is 0 Å². The second-order valence-electron chi connectivity index (χ2n) is 2.91. The Balaban J connectivity index is 2.26. The Bertz CT molecular complexity index is 285. The van der Waals surface area contributed by atoms with Gasteiger partial charge in [0.05, 0.1) is 31.6 Å². The summed E-state index contributed by atoms with van der Waals surface area (Å²) >= 11 is 0. The van der Waals surface area contributed by atoms with Crippen molar-refractivity contribution in [2.45, 2.75) is 12.6 Å². The van der Waals surface area contributed by atoms with Gasteiger partial charge in [-0.05, 0) is 6.92 Å². The highest BCUT2D eigenvalue weighted by Gasteiger charge is 2.05. The summed E-state index contributed by atoms with van der Waals surface area (Å²) in [6, 6.07) is 0. The highest BCUT2D eigenvalue weighted by Crippen LogP contribution is 1.94. The summed E-state index contributed by atoms with van der Waals surface area (Å²) < 4.78 is 6.61. The Morgan fingerprint density at radius 2 is 2.50 bits per heavy atom. The molecule has 0 aliphatic rings. The zero-order chi connectivity index (χ0) is 10.4. The molecular formula is C9H14N3O2. The molecule has 1 atom stereocenters. The maximum absolute atomic E-state index is 9.47. The second-order valence-corrected chi connectivity index (χ2v) is 2.91. The third kappa shape index (κ3) is 3.68. The number of hydrogen-bond donors (Lipinski definition) is 1. The monoisotopic (exact) mass is 196 g/mol. The molecular weight excluding hydrogens is 182 g/mol. The highest BCUT2D eigenvalue weighted by atomic mass is 16.5. The minimum absolute atomic E-state index is 0.262. The molecule has 5 heteroatoms. The van der Waals surface area contributed by atoms with Crippen molar-refractivity contribution in [3.05, 3.63) is 31.5 Å². The van der Waals surface area contributed by atoms with Gasteiger partial charge in [0.25, 0.3) is 0 Å². The number of ether oxygens (including phenoxy) is 1. The number of hydrogen-bond acceptors (Lipinski definition) is 4. The van der Waals surface area contributed by atoms with E-state index in [-0.39, 0.29) is 6.61 Å². The minimum atomic E-state index is -0.587. The number of rotatable bonds is 6. The molecule has 0 spiro atoms. The van der Waals surface area contributed by atoms with Crippen molar-refractivity contribution < 1.29 is 9.84 Å². The summed E-state index contributed by atoms with van der Waals surface area (Å²) in [6.07, 6.45) is 2.71. The first kappa shape index (κ1) is 10.9. The van der Waals surface area contributed by atoms with Crippen LogP contribution in [0.2, 0.25) is 0 Å². The molecule has 77 valence electrons. The maximum atomic E-state index is 9.47. The molecule has 0 amide bonds. The van der Waals surface area contributed by atoms with E-state index < -0.39 is 6.10 Å². The van der Waals surface area contributed by atoms with E-state index in [2.05, 4.69) is 23.8 Å². The number of nitrogens with zero attached hydrogens (tertiary/aromatic N) is 3. The Kier molecular flexibility index (Phi) is 4.28. The molecule has 1 aromatic heterocycles. The zero-order valence-corrected chi connectivity index (χ0v) is 7.96. The molecule has 1 radical (unpaired) electrons. The standard InChI is InChI=1S/C9H14N3O2/c1-3-4-14-7-9(13)6-12-5-8(2)10-11-12/h3,5,9,13H,1-2,4,6-7H2. The van der Waals surface area contributed by atoms with Crippen molar-refractivity contribution in [1.82, 2.24) is 15.0 Å². The molecule has 1 N–H and O–H groups in total. The quantitative estimate of drug-likeness (QED) is 0.515. The number of aliphatic hydroxyl groups is 1. The van der Waals surface area contributed by atoms with Gasteiger partial charge in [-0.25, -0.2) is 4.68 Å². The Morgan fingerprint density at radius 3 is 3.07 bits per heavy atom. The average molecular weight is 196 g/mol. The first-order valence-corrected chi connectivity index (χ1v) is 4.31. The lowest BCUT2D eigenvalue weighted by molar-refractivity contribution is 0.0373. The molecule has 0 fully saturated rings. The summed E-state index contributed by atoms with van der Waals surface area (Å²) in [5, 5.41) is 16.9. The van der Waals surface area contributed by atoms with Gasteiger partial charge in [0.2, 0.25) is 0 Å². The topological polar surface area (TPSA) is 60.2 Å². The third-order valence-corrected chi connectivity index (χ3v) is 1.53. The van der Waals surface area contributed by atoms with Crippen LogP contribution < -0.4 is 0 Å². The molecule has 1 rings (SSSR count). The van der Waals surface area contributed by atoms with Crippen LogP contribution in [-0.4, -0.2) is 39.4 Å². The van der Waals surface area contributed by atoms with E-state index in [0.717, 1.165) is 0 Å². The molecule has 0 bridgehead atoms. The van der Waals surface area contributed by atoms with Gasteiger partial charge in [-0.3, -0.25) is 0 Å². The van der Waals surface area contributed by atoms with Crippen LogP contribution in [0.1, 0.15) is 5.69 Å². The number of aliphatic hydroxyl groups excluding tert-OH is 1. The maximum Gasteiger partial charge on any atom is 0.0969 e.